The molecule has 0 spiro atoms. The molecule has 3 heteroatoms. The standard InChI is InChI=1S/C14H19BrFN/c1-2-3-11-6-7-17(10-11)14-5-4-12(9-15)8-13(14)16/h4-5,8,11H,2-3,6-7,9-10H2,1H3. The van der Waals surface area contributed by atoms with Gasteiger partial charge in [0.15, 0.2) is 0 Å². The first-order valence-corrected chi connectivity index (χ1v) is 7.46. The van der Waals surface area contributed by atoms with Gasteiger partial charge in [-0.1, -0.05) is 35.3 Å². The van der Waals surface area contributed by atoms with Crippen LogP contribution in [0.4, 0.5) is 10.1 Å². The zero-order chi connectivity index (χ0) is 12.3. The van der Waals surface area contributed by atoms with Crippen LogP contribution < -0.4 is 4.90 Å². The van der Waals surface area contributed by atoms with Gasteiger partial charge in [-0.05, 0) is 36.5 Å². The highest BCUT2D eigenvalue weighted by molar-refractivity contribution is 9.08. The van der Waals surface area contributed by atoms with Gasteiger partial charge in [-0.15, -0.1) is 0 Å². The first-order chi connectivity index (χ1) is 8.24. The molecule has 0 aliphatic carbocycles. The zero-order valence-corrected chi connectivity index (χ0v) is 11.8. The summed E-state index contributed by atoms with van der Waals surface area (Å²) in [4.78, 5) is 2.19. The number of rotatable bonds is 4. The summed E-state index contributed by atoms with van der Waals surface area (Å²) in [7, 11) is 0. The van der Waals surface area contributed by atoms with Crippen LogP contribution in [0.5, 0.6) is 0 Å². The molecule has 94 valence electrons. The molecule has 0 N–H and O–H groups in total. The van der Waals surface area contributed by atoms with Crippen molar-refractivity contribution in [3.8, 4) is 0 Å². The second-order valence-electron chi connectivity index (χ2n) is 4.81. The molecule has 0 aromatic heterocycles. The van der Waals surface area contributed by atoms with Crippen molar-refractivity contribution in [1.82, 2.24) is 0 Å². The third kappa shape index (κ3) is 3.01. The van der Waals surface area contributed by atoms with Gasteiger partial charge in [-0.2, -0.15) is 0 Å². The van der Waals surface area contributed by atoms with Crippen LogP contribution in [0.2, 0.25) is 0 Å². The van der Waals surface area contributed by atoms with Crippen molar-refractivity contribution >= 4 is 21.6 Å². The van der Waals surface area contributed by atoms with Gasteiger partial charge in [0.05, 0.1) is 5.69 Å². The maximum atomic E-state index is 13.9. The fraction of sp³-hybridized carbons (Fsp3) is 0.571. The molecule has 0 bridgehead atoms. The van der Waals surface area contributed by atoms with Crippen LogP contribution in [0.3, 0.4) is 0 Å². The predicted octanol–water partition coefficient (Wildman–Crippen LogP) is 4.35. The highest BCUT2D eigenvalue weighted by atomic mass is 79.9. The number of anilines is 1. The molecule has 1 atom stereocenters. The molecule has 1 fully saturated rings. The van der Waals surface area contributed by atoms with Crippen molar-refractivity contribution < 1.29 is 4.39 Å². The Bertz CT molecular complexity index is 380. The van der Waals surface area contributed by atoms with Crippen LogP contribution in [0.1, 0.15) is 31.7 Å². The number of halogens is 2. The summed E-state index contributed by atoms with van der Waals surface area (Å²) < 4.78 is 13.9. The lowest BCUT2D eigenvalue weighted by Crippen LogP contribution is -2.20. The highest BCUT2D eigenvalue weighted by Crippen LogP contribution is 2.29. The lowest BCUT2D eigenvalue weighted by atomic mass is 10.0. The molecule has 1 aromatic carbocycles. The Labute approximate surface area is 111 Å². The van der Waals surface area contributed by atoms with Crippen LogP contribution in [-0.4, -0.2) is 13.1 Å². The first kappa shape index (κ1) is 12.9. The normalized spacial score (nSPS) is 19.9. The number of nitrogens with zero attached hydrogens (tertiary/aromatic N) is 1. The smallest absolute Gasteiger partial charge is 0.146 e. The molecule has 0 radical (unpaired) electrons. The Hall–Kier alpha value is -0.570. The van der Waals surface area contributed by atoms with Gasteiger partial charge in [0, 0.05) is 18.4 Å². The third-order valence-corrected chi connectivity index (χ3v) is 4.14. The van der Waals surface area contributed by atoms with E-state index in [2.05, 4.69) is 27.8 Å². The topological polar surface area (TPSA) is 3.24 Å². The Morgan fingerprint density at radius 3 is 2.94 bits per heavy atom. The van der Waals surface area contributed by atoms with Crippen LogP contribution in [0, 0.1) is 11.7 Å². The van der Waals surface area contributed by atoms with E-state index in [0.29, 0.717) is 5.33 Å². The molecule has 17 heavy (non-hydrogen) atoms. The van der Waals surface area contributed by atoms with E-state index in [1.807, 2.05) is 12.1 Å². The average Bonchev–Trinajstić information content (AvgIpc) is 2.78. The second-order valence-corrected chi connectivity index (χ2v) is 5.37. The van der Waals surface area contributed by atoms with Gasteiger partial charge in [0.1, 0.15) is 5.82 Å². The van der Waals surface area contributed by atoms with E-state index in [1.165, 1.54) is 19.3 Å². The molecule has 1 saturated heterocycles. The quantitative estimate of drug-likeness (QED) is 0.747. The van der Waals surface area contributed by atoms with Crippen LogP contribution in [-0.2, 0) is 5.33 Å². The Kier molecular flexibility index (Phi) is 4.43. The SMILES string of the molecule is CCCC1CCN(c2ccc(CBr)cc2F)C1. The van der Waals surface area contributed by atoms with Crippen LogP contribution >= 0.6 is 15.9 Å². The Morgan fingerprint density at radius 2 is 2.29 bits per heavy atom. The minimum absolute atomic E-state index is 0.0842. The summed E-state index contributed by atoms with van der Waals surface area (Å²) in [6, 6.07) is 5.55. The largest absolute Gasteiger partial charge is 0.369 e. The summed E-state index contributed by atoms with van der Waals surface area (Å²) in [5.74, 6) is 0.661. The fourth-order valence-corrected chi connectivity index (χ4v) is 2.93. The number of hydrogen-bond acceptors (Lipinski definition) is 1. The summed E-state index contributed by atoms with van der Waals surface area (Å²) in [5, 5.41) is 0.711. The lowest BCUT2D eigenvalue weighted by Gasteiger charge is -2.19. The summed E-state index contributed by atoms with van der Waals surface area (Å²) in [6.45, 7) is 4.22. The minimum Gasteiger partial charge on any atom is -0.369 e. The van der Waals surface area contributed by atoms with Crippen LogP contribution in [0.25, 0.3) is 0 Å². The zero-order valence-electron chi connectivity index (χ0n) is 10.3. The molecule has 1 unspecified atom stereocenters. The van der Waals surface area contributed by atoms with Gasteiger partial charge in [0.25, 0.3) is 0 Å². The van der Waals surface area contributed by atoms with E-state index in [9.17, 15) is 4.39 Å². The van der Waals surface area contributed by atoms with Crippen molar-refractivity contribution in [2.45, 2.75) is 31.5 Å². The molecular weight excluding hydrogens is 281 g/mol. The molecule has 1 nitrogen and oxygen atoms in total. The van der Waals surface area contributed by atoms with Crippen molar-refractivity contribution in [2.75, 3.05) is 18.0 Å². The average molecular weight is 300 g/mol. The monoisotopic (exact) mass is 299 g/mol. The van der Waals surface area contributed by atoms with Gasteiger partial charge < -0.3 is 4.90 Å². The van der Waals surface area contributed by atoms with Crippen molar-refractivity contribution in [3.05, 3.63) is 29.6 Å². The second kappa shape index (κ2) is 5.85. The maximum absolute atomic E-state index is 13.9. The molecule has 1 aromatic rings. The van der Waals surface area contributed by atoms with Crippen molar-refractivity contribution in [1.29, 1.82) is 0 Å². The predicted molar refractivity (Wildman–Crippen MR) is 74.3 cm³/mol. The highest BCUT2D eigenvalue weighted by Gasteiger charge is 2.23. The van der Waals surface area contributed by atoms with E-state index in [1.54, 1.807) is 6.07 Å². The van der Waals surface area contributed by atoms with Gasteiger partial charge >= 0.3 is 0 Å². The third-order valence-electron chi connectivity index (χ3n) is 3.49. The van der Waals surface area contributed by atoms with Gasteiger partial charge in [-0.3, -0.25) is 0 Å². The Balaban J connectivity index is 2.08. The fourth-order valence-electron chi connectivity index (χ4n) is 2.59. The van der Waals surface area contributed by atoms with E-state index >= 15 is 0 Å². The molecule has 1 aliphatic heterocycles. The minimum atomic E-state index is -0.0842. The lowest BCUT2D eigenvalue weighted by molar-refractivity contribution is 0.529. The van der Waals surface area contributed by atoms with E-state index in [0.717, 1.165) is 30.3 Å². The summed E-state index contributed by atoms with van der Waals surface area (Å²) >= 11 is 3.35. The number of alkyl halides is 1. The molecule has 0 saturated carbocycles. The molecule has 1 aliphatic rings. The molecule has 1 heterocycles. The van der Waals surface area contributed by atoms with E-state index in [-0.39, 0.29) is 5.82 Å². The van der Waals surface area contributed by atoms with Crippen molar-refractivity contribution in [3.63, 3.8) is 0 Å². The number of hydrogen-bond donors (Lipinski definition) is 0. The Morgan fingerprint density at radius 1 is 1.47 bits per heavy atom. The van der Waals surface area contributed by atoms with Crippen molar-refractivity contribution in [2.24, 2.45) is 5.92 Å². The first-order valence-electron chi connectivity index (χ1n) is 6.34. The molecule has 0 amide bonds. The van der Waals surface area contributed by atoms with Gasteiger partial charge in [0.2, 0.25) is 0 Å². The molecular formula is C14H19BrFN. The number of benzene rings is 1. The van der Waals surface area contributed by atoms with Gasteiger partial charge in [-0.25, -0.2) is 4.39 Å². The van der Waals surface area contributed by atoms with E-state index in [4.69, 9.17) is 0 Å². The maximum Gasteiger partial charge on any atom is 0.146 e. The summed E-state index contributed by atoms with van der Waals surface area (Å²) in [6.07, 6.45) is 3.69. The molecule has 2 rings (SSSR count). The van der Waals surface area contributed by atoms with E-state index < -0.39 is 0 Å². The summed E-state index contributed by atoms with van der Waals surface area (Å²) in [5.41, 5.74) is 1.77. The van der Waals surface area contributed by atoms with Crippen LogP contribution in [0.15, 0.2) is 18.2 Å².